The minimum absolute atomic E-state index is 0.0782. The average Bonchev–Trinajstić information content (AvgIpc) is 3.47. The molecule has 178 valence electrons. The Morgan fingerprint density at radius 2 is 2.06 bits per heavy atom. The fourth-order valence-corrected chi connectivity index (χ4v) is 4.05. The van der Waals surface area contributed by atoms with Crippen LogP contribution in [0.3, 0.4) is 0 Å². The highest BCUT2D eigenvalue weighted by molar-refractivity contribution is 6.35. The third-order valence-electron chi connectivity index (χ3n) is 5.14. The van der Waals surface area contributed by atoms with Crippen LogP contribution in [0.2, 0.25) is 10.0 Å². The lowest BCUT2D eigenvalue weighted by Crippen LogP contribution is -2.35. The molecule has 2 heterocycles. The molecule has 0 radical (unpaired) electrons. The van der Waals surface area contributed by atoms with Gasteiger partial charge in [-0.15, -0.1) is 0 Å². The molecule has 3 aromatic rings. The van der Waals surface area contributed by atoms with E-state index in [-0.39, 0.29) is 25.0 Å². The summed E-state index contributed by atoms with van der Waals surface area (Å²) in [4.78, 5) is 18.0. The van der Waals surface area contributed by atoms with Gasteiger partial charge >= 0.3 is 0 Å². The molecule has 1 aliphatic rings. The first-order chi connectivity index (χ1) is 16.3. The Morgan fingerprint density at radius 1 is 1.26 bits per heavy atom. The van der Waals surface area contributed by atoms with Gasteiger partial charge in [0.2, 0.25) is 5.79 Å². The Morgan fingerprint density at radius 3 is 2.74 bits per heavy atom. The molecule has 1 fully saturated rings. The third kappa shape index (κ3) is 5.77. The second-order valence-electron chi connectivity index (χ2n) is 8.00. The number of nitrogens with zero attached hydrogens (tertiary/aromatic N) is 4. The SMILES string of the molecule is CN(C)C=CC(=O)c1ccc(OC[C@H]2CO[C@@](Cn3cncn3)(c3ccc(Cl)cc3Cl)O2)cc1. The van der Waals surface area contributed by atoms with E-state index in [0.29, 0.717) is 33.5 Å². The number of hydrogen-bond acceptors (Lipinski definition) is 7. The lowest BCUT2D eigenvalue weighted by Gasteiger charge is -2.29. The number of rotatable bonds is 9. The number of carbonyl (C=O) groups excluding carboxylic acids is 1. The molecular formula is C24H24Cl2N4O4. The lowest BCUT2D eigenvalue weighted by atomic mass is 10.1. The number of benzene rings is 2. The minimum atomic E-state index is -1.17. The van der Waals surface area contributed by atoms with Crippen LogP contribution in [-0.2, 0) is 21.8 Å². The molecule has 0 amide bonds. The monoisotopic (exact) mass is 502 g/mol. The zero-order valence-corrected chi connectivity index (χ0v) is 20.2. The van der Waals surface area contributed by atoms with E-state index in [0.717, 1.165) is 0 Å². The second-order valence-corrected chi connectivity index (χ2v) is 8.84. The zero-order valence-electron chi connectivity index (χ0n) is 18.7. The lowest BCUT2D eigenvalue weighted by molar-refractivity contribution is -0.190. The van der Waals surface area contributed by atoms with Crippen LogP contribution < -0.4 is 4.74 Å². The number of hydrogen-bond donors (Lipinski definition) is 0. The molecule has 34 heavy (non-hydrogen) atoms. The number of carbonyl (C=O) groups is 1. The number of ether oxygens (including phenoxy) is 3. The Hall–Kier alpha value is -2.91. The summed E-state index contributed by atoms with van der Waals surface area (Å²) in [6.45, 7) is 0.791. The van der Waals surface area contributed by atoms with Crippen LogP contribution >= 0.6 is 23.2 Å². The summed E-state index contributed by atoms with van der Waals surface area (Å²) < 4.78 is 20.0. The van der Waals surface area contributed by atoms with Crippen LogP contribution in [0.25, 0.3) is 0 Å². The van der Waals surface area contributed by atoms with E-state index >= 15 is 0 Å². The number of allylic oxidation sites excluding steroid dienone is 1. The van der Waals surface area contributed by atoms with Gasteiger partial charge in [-0.3, -0.25) is 4.79 Å². The van der Waals surface area contributed by atoms with E-state index in [2.05, 4.69) is 10.1 Å². The van der Waals surface area contributed by atoms with Crippen molar-refractivity contribution in [3.63, 3.8) is 0 Å². The van der Waals surface area contributed by atoms with Crippen LogP contribution in [0.1, 0.15) is 15.9 Å². The molecule has 0 N–H and O–H groups in total. The molecule has 2 atom stereocenters. The highest BCUT2D eigenvalue weighted by Gasteiger charge is 2.45. The highest BCUT2D eigenvalue weighted by Crippen LogP contribution is 2.40. The van der Waals surface area contributed by atoms with Crippen molar-refractivity contribution in [2.24, 2.45) is 0 Å². The number of aromatic nitrogens is 3. The molecule has 4 rings (SSSR count). The minimum Gasteiger partial charge on any atom is -0.491 e. The van der Waals surface area contributed by atoms with Gasteiger partial charge in [0.1, 0.15) is 37.7 Å². The maximum atomic E-state index is 12.2. The van der Waals surface area contributed by atoms with Crippen molar-refractivity contribution in [3.8, 4) is 5.75 Å². The zero-order chi connectivity index (χ0) is 24.1. The van der Waals surface area contributed by atoms with Crippen molar-refractivity contribution in [3.05, 3.63) is 88.6 Å². The molecule has 10 heteroatoms. The Balaban J connectivity index is 1.43. The molecule has 1 aliphatic heterocycles. The smallest absolute Gasteiger partial charge is 0.217 e. The van der Waals surface area contributed by atoms with Gasteiger partial charge in [-0.2, -0.15) is 5.10 Å². The second kappa shape index (κ2) is 10.6. The van der Waals surface area contributed by atoms with Gasteiger partial charge in [-0.05, 0) is 36.4 Å². The van der Waals surface area contributed by atoms with Crippen molar-refractivity contribution in [2.45, 2.75) is 18.4 Å². The maximum absolute atomic E-state index is 12.2. The summed E-state index contributed by atoms with van der Waals surface area (Å²) in [6.07, 6.45) is 5.90. The fourth-order valence-electron chi connectivity index (χ4n) is 3.50. The highest BCUT2D eigenvalue weighted by atomic mass is 35.5. The normalized spacial score (nSPS) is 20.1. The molecule has 0 spiro atoms. The molecule has 1 aromatic heterocycles. The maximum Gasteiger partial charge on any atom is 0.217 e. The summed E-state index contributed by atoms with van der Waals surface area (Å²) >= 11 is 12.6. The van der Waals surface area contributed by atoms with Gasteiger partial charge in [-0.1, -0.05) is 29.3 Å². The topological polar surface area (TPSA) is 78.7 Å². The third-order valence-corrected chi connectivity index (χ3v) is 5.68. The van der Waals surface area contributed by atoms with Gasteiger partial charge in [0.15, 0.2) is 5.78 Å². The van der Waals surface area contributed by atoms with Crippen LogP contribution in [0.5, 0.6) is 5.75 Å². The van der Waals surface area contributed by atoms with E-state index in [9.17, 15) is 4.79 Å². The Labute approximate surface area is 207 Å². The van der Waals surface area contributed by atoms with Crippen LogP contribution in [0.4, 0.5) is 0 Å². The first-order valence-corrected chi connectivity index (χ1v) is 11.3. The van der Waals surface area contributed by atoms with Crippen molar-refractivity contribution < 1.29 is 19.0 Å². The van der Waals surface area contributed by atoms with E-state index in [1.165, 1.54) is 12.4 Å². The van der Waals surface area contributed by atoms with E-state index < -0.39 is 5.79 Å². The van der Waals surface area contributed by atoms with Gasteiger partial charge in [0.25, 0.3) is 0 Å². The quantitative estimate of drug-likeness (QED) is 0.320. The fraction of sp³-hybridized carbons (Fsp3) is 0.292. The summed E-state index contributed by atoms with van der Waals surface area (Å²) in [7, 11) is 3.72. The van der Waals surface area contributed by atoms with Crippen LogP contribution in [0.15, 0.2) is 67.4 Å². The molecular weight excluding hydrogens is 479 g/mol. The van der Waals surface area contributed by atoms with Crippen molar-refractivity contribution in [1.29, 1.82) is 0 Å². The molecule has 0 bridgehead atoms. The average molecular weight is 503 g/mol. The number of halogens is 2. The molecule has 0 saturated carbocycles. The number of ketones is 1. The standard InChI is InChI=1S/C24H24Cl2N4O4/c1-29(2)10-9-23(31)17-3-6-19(7-4-17)32-12-20-13-33-24(34-20,14-30-16-27-15-28-30)21-8-5-18(25)11-22(21)26/h3-11,15-16,20H,12-14H2,1-2H3/t20-,24+/m0/s1. The molecule has 8 nitrogen and oxygen atoms in total. The first kappa shape index (κ1) is 24.2. The van der Waals surface area contributed by atoms with Crippen molar-refractivity contribution >= 4 is 29.0 Å². The molecule has 2 aromatic carbocycles. The van der Waals surface area contributed by atoms with E-state index in [1.807, 2.05) is 14.1 Å². The van der Waals surface area contributed by atoms with Gasteiger partial charge < -0.3 is 19.1 Å². The largest absolute Gasteiger partial charge is 0.491 e. The summed E-state index contributed by atoms with van der Waals surface area (Å²) in [5.41, 5.74) is 1.22. The van der Waals surface area contributed by atoms with Crippen molar-refractivity contribution in [2.75, 3.05) is 27.3 Å². The van der Waals surface area contributed by atoms with E-state index in [4.69, 9.17) is 37.4 Å². The van der Waals surface area contributed by atoms with Gasteiger partial charge in [0, 0.05) is 42.5 Å². The van der Waals surface area contributed by atoms with Crippen LogP contribution in [-0.4, -0.2) is 58.9 Å². The summed E-state index contributed by atoms with van der Waals surface area (Å²) in [5, 5.41) is 5.12. The van der Waals surface area contributed by atoms with Gasteiger partial charge in [0.05, 0.1) is 11.6 Å². The Kier molecular flexibility index (Phi) is 7.53. The predicted molar refractivity (Wildman–Crippen MR) is 128 cm³/mol. The first-order valence-electron chi connectivity index (χ1n) is 10.6. The van der Waals surface area contributed by atoms with E-state index in [1.54, 1.807) is 64.6 Å². The molecule has 0 unspecified atom stereocenters. The molecule has 0 aliphatic carbocycles. The predicted octanol–water partition coefficient (Wildman–Crippen LogP) is 4.19. The van der Waals surface area contributed by atoms with Crippen LogP contribution in [0, 0.1) is 0 Å². The molecule has 1 saturated heterocycles. The summed E-state index contributed by atoms with van der Waals surface area (Å²) in [6, 6.07) is 12.1. The Bertz CT molecular complexity index is 1150. The van der Waals surface area contributed by atoms with Gasteiger partial charge in [-0.25, -0.2) is 9.67 Å². The van der Waals surface area contributed by atoms with Crippen molar-refractivity contribution in [1.82, 2.24) is 19.7 Å². The summed E-state index contributed by atoms with van der Waals surface area (Å²) in [5.74, 6) is -0.626.